The molecule has 0 unspecified atom stereocenters. The molecule has 1 N–H and O–H groups in total. The molecular weight excluding hydrogens is 432 g/mol. The largest absolute Gasteiger partial charge is 0.457 e. The average molecular weight is 444 g/mol. The van der Waals surface area contributed by atoms with E-state index in [1.165, 1.54) is 6.08 Å². The summed E-state index contributed by atoms with van der Waals surface area (Å²) in [7, 11) is 0. The van der Waals surface area contributed by atoms with Gasteiger partial charge in [-0.3, -0.25) is 15.0 Å². The maximum absolute atomic E-state index is 12.6. The number of nitrogens with one attached hydrogen (secondary N) is 1. The Bertz CT molecular complexity index is 1090. The lowest BCUT2D eigenvalue weighted by Gasteiger charge is -2.14. The minimum absolute atomic E-state index is 0.00915. The van der Waals surface area contributed by atoms with Gasteiger partial charge < -0.3 is 4.42 Å². The molecule has 2 amide bonds. The van der Waals surface area contributed by atoms with Crippen LogP contribution in [0.15, 0.2) is 75.1 Å². The SMILES string of the molecule is O=C1NN(c2cccc(Cl)c2)C(=O)C1=Cc1ccc(-c2cccc(Br)c2)o1. The third-order valence-electron chi connectivity index (χ3n) is 3.98. The van der Waals surface area contributed by atoms with Gasteiger partial charge in [0.05, 0.1) is 5.69 Å². The molecule has 1 saturated heterocycles. The maximum atomic E-state index is 12.6. The van der Waals surface area contributed by atoms with Crippen molar-refractivity contribution >= 4 is 51.1 Å². The van der Waals surface area contributed by atoms with Gasteiger partial charge in [-0.05, 0) is 48.5 Å². The van der Waals surface area contributed by atoms with E-state index < -0.39 is 11.8 Å². The fourth-order valence-corrected chi connectivity index (χ4v) is 3.31. The standard InChI is InChI=1S/C20H12BrClN2O3/c21-13-4-1-3-12(9-13)18-8-7-16(27-18)11-17-19(25)23-24(20(17)26)15-6-2-5-14(22)10-15/h1-11H,(H,23,25). The zero-order valence-corrected chi connectivity index (χ0v) is 16.1. The Morgan fingerprint density at radius 1 is 1.04 bits per heavy atom. The Morgan fingerprint density at radius 2 is 1.85 bits per heavy atom. The number of halogens is 2. The predicted octanol–water partition coefficient (Wildman–Crippen LogP) is 4.82. The van der Waals surface area contributed by atoms with Crippen LogP contribution in [-0.2, 0) is 9.59 Å². The van der Waals surface area contributed by atoms with E-state index in [0.29, 0.717) is 22.2 Å². The minimum Gasteiger partial charge on any atom is -0.457 e. The number of rotatable bonds is 3. The first kappa shape index (κ1) is 17.6. The van der Waals surface area contributed by atoms with Crippen LogP contribution in [0.25, 0.3) is 17.4 Å². The molecule has 134 valence electrons. The van der Waals surface area contributed by atoms with Crippen molar-refractivity contribution in [1.82, 2.24) is 5.43 Å². The Labute approximate surface area is 168 Å². The van der Waals surface area contributed by atoms with Crippen LogP contribution in [0.2, 0.25) is 5.02 Å². The van der Waals surface area contributed by atoms with Gasteiger partial charge in [-0.25, -0.2) is 5.01 Å². The van der Waals surface area contributed by atoms with Gasteiger partial charge >= 0.3 is 0 Å². The second-order valence-corrected chi connectivity index (χ2v) is 7.18. The normalized spacial score (nSPS) is 15.5. The Kier molecular flexibility index (Phi) is 4.59. The number of carbonyl (C=O) groups is 2. The van der Waals surface area contributed by atoms with Gasteiger partial charge in [-0.15, -0.1) is 0 Å². The van der Waals surface area contributed by atoms with Gasteiger partial charge in [0.1, 0.15) is 17.1 Å². The second kappa shape index (κ2) is 7.06. The molecule has 27 heavy (non-hydrogen) atoms. The first-order valence-corrected chi connectivity index (χ1v) is 9.17. The lowest BCUT2D eigenvalue weighted by molar-refractivity contribution is -0.117. The summed E-state index contributed by atoms with van der Waals surface area (Å²) in [6, 6.07) is 17.8. The minimum atomic E-state index is -0.500. The van der Waals surface area contributed by atoms with Crippen LogP contribution in [0.3, 0.4) is 0 Å². The Morgan fingerprint density at radius 3 is 2.63 bits per heavy atom. The highest BCUT2D eigenvalue weighted by Crippen LogP contribution is 2.28. The number of furan rings is 1. The highest BCUT2D eigenvalue weighted by atomic mass is 79.9. The summed E-state index contributed by atoms with van der Waals surface area (Å²) in [6.45, 7) is 0. The highest BCUT2D eigenvalue weighted by molar-refractivity contribution is 9.10. The van der Waals surface area contributed by atoms with Crippen molar-refractivity contribution in [2.75, 3.05) is 5.01 Å². The average Bonchev–Trinajstić information content (AvgIpc) is 3.22. The topological polar surface area (TPSA) is 62.6 Å². The molecule has 1 aliphatic rings. The molecule has 1 fully saturated rings. The summed E-state index contributed by atoms with van der Waals surface area (Å²) in [5.74, 6) is 0.0835. The quantitative estimate of drug-likeness (QED) is 0.466. The van der Waals surface area contributed by atoms with Gasteiger partial charge in [0.25, 0.3) is 11.8 Å². The van der Waals surface area contributed by atoms with Crippen molar-refractivity contribution in [3.8, 4) is 11.3 Å². The molecule has 7 heteroatoms. The Hall–Kier alpha value is -2.83. The van der Waals surface area contributed by atoms with E-state index in [2.05, 4.69) is 21.4 Å². The van der Waals surface area contributed by atoms with E-state index >= 15 is 0 Å². The molecule has 4 rings (SSSR count). The lowest BCUT2D eigenvalue weighted by Crippen LogP contribution is -2.35. The Balaban J connectivity index is 1.63. The number of benzene rings is 2. The molecule has 0 saturated carbocycles. The van der Waals surface area contributed by atoms with E-state index in [1.807, 2.05) is 24.3 Å². The number of nitrogens with zero attached hydrogens (tertiary/aromatic N) is 1. The molecule has 0 radical (unpaired) electrons. The van der Waals surface area contributed by atoms with Crippen molar-refractivity contribution < 1.29 is 14.0 Å². The summed E-state index contributed by atoms with van der Waals surface area (Å²) < 4.78 is 6.70. The molecule has 0 bridgehead atoms. The number of hydrazine groups is 1. The van der Waals surface area contributed by atoms with Crippen molar-refractivity contribution in [1.29, 1.82) is 0 Å². The van der Waals surface area contributed by atoms with E-state index in [-0.39, 0.29) is 5.57 Å². The summed E-state index contributed by atoms with van der Waals surface area (Å²) >= 11 is 9.38. The van der Waals surface area contributed by atoms with E-state index in [9.17, 15) is 9.59 Å². The first-order chi connectivity index (χ1) is 13.0. The number of amides is 2. The summed E-state index contributed by atoms with van der Waals surface area (Å²) in [5.41, 5.74) is 3.89. The zero-order chi connectivity index (χ0) is 19.0. The number of carbonyl (C=O) groups excluding carboxylic acids is 2. The van der Waals surface area contributed by atoms with Crippen molar-refractivity contribution in [2.24, 2.45) is 0 Å². The molecular formula is C20H12BrClN2O3. The monoisotopic (exact) mass is 442 g/mol. The lowest BCUT2D eigenvalue weighted by atomic mass is 10.2. The predicted molar refractivity (Wildman–Crippen MR) is 107 cm³/mol. The maximum Gasteiger partial charge on any atom is 0.282 e. The molecule has 0 aliphatic carbocycles. The number of hydrogen-bond acceptors (Lipinski definition) is 3. The smallest absolute Gasteiger partial charge is 0.282 e. The molecule has 0 spiro atoms. The van der Waals surface area contributed by atoms with Gasteiger partial charge in [0, 0.05) is 15.1 Å². The fraction of sp³-hybridized carbons (Fsp3) is 0. The van der Waals surface area contributed by atoms with Crippen LogP contribution in [-0.4, -0.2) is 11.8 Å². The third kappa shape index (κ3) is 3.54. The van der Waals surface area contributed by atoms with Crippen LogP contribution in [0.1, 0.15) is 5.76 Å². The second-order valence-electron chi connectivity index (χ2n) is 5.83. The van der Waals surface area contributed by atoms with Crippen LogP contribution in [0.4, 0.5) is 5.69 Å². The van der Waals surface area contributed by atoms with Crippen molar-refractivity contribution in [3.05, 3.63) is 81.5 Å². The van der Waals surface area contributed by atoms with Crippen LogP contribution >= 0.6 is 27.5 Å². The third-order valence-corrected chi connectivity index (χ3v) is 4.71. The van der Waals surface area contributed by atoms with Crippen LogP contribution in [0, 0.1) is 0 Å². The molecule has 5 nitrogen and oxygen atoms in total. The summed E-state index contributed by atoms with van der Waals surface area (Å²) in [4.78, 5) is 24.9. The fourth-order valence-electron chi connectivity index (χ4n) is 2.72. The molecule has 2 aromatic carbocycles. The van der Waals surface area contributed by atoms with Gasteiger partial charge in [-0.1, -0.05) is 45.7 Å². The van der Waals surface area contributed by atoms with Gasteiger partial charge in [0.15, 0.2) is 0 Å². The van der Waals surface area contributed by atoms with Gasteiger partial charge in [-0.2, -0.15) is 0 Å². The molecule has 1 aromatic heterocycles. The van der Waals surface area contributed by atoms with E-state index in [1.54, 1.807) is 36.4 Å². The summed E-state index contributed by atoms with van der Waals surface area (Å²) in [6.07, 6.45) is 1.43. The van der Waals surface area contributed by atoms with Crippen LogP contribution < -0.4 is 10.4 Å². The molecule has 0 atom stereocenters. The van der Waals surface area contributed by atoms with Gasteiger partial charge in [0.2, 0.25) is 0 Å². The van der Waals surface area contributed by atoms with Crippen LogP contribution in [0.5, 0.6) is 0 Å². The van der Waals surface area contributed by atoms with Crippen molar-refractivity contribution in [3.63, 3.8) is 0 Å². The highest BCUT2D eigenvalue weighted by Gasteiger charge is 2.34. The molecule has 1 aliphatic heterocycles. The summed E-state index contributed by atoms with van der Waals surface area (Å²) in [5, 5.41) is 1.63. The van der Waals surface area contributed by atoms with Crippen molar-refractivity contribution in [2.45, 2.75) is 0 Å². The van der Waals surface area contributed by atoms with E-state index in [4.69, 9.17) is 16.0 Å². The molecule has 2 heterocycles. The molecule has 3 aromatic rings. The first-order valence-electron chi connectivity index (χ1n) is 8.00. The van der Waals surface area contributed by atoms with E-state index in [0.717, 1.165) is 15.0 Å². The number of hydrogen-bond donors (Lipinski definition) is 1. The number of anilines is 1. The zero-order valence-electron chi connectivity index (χ0n) is 13.8.